The Kier molecular flexibility index (Phi) is 10.9. The van der Waals surface area contributed by atoms with Crippen LogP contribution in [0, 0.1) is 5.41 Å². The minimum Gasteiger partial charge on any atom is -0.490 e. The van der Waals surface area contributed by atoms with E-state index in [1.807, 2.05) is 12.1 Å². The summed E-state index contributed by atoms with van der Waals surface area (Å²) in [6.07, 6.45) is 2.08. The number of anilines is 1. The minimum atomic E-state index is -0.691. The van der Waals surface area contributed by atoms with Crippen molar-refractivity contribution in [1.29, 1.82) is 0 Å². The molecule has 6 nitrogen and oxygen atoms in total. The van der Waals surface area contributed by atoms with Gasteiger partial charge in [-0.05, 0) is 36.0 Å². The minimum absolute atomic E-state index is 0.273. The summed E-state index contributed by atoms with van der Waals surface area (Å²) in [5.74, 6) is 0.273. The van der Waals surface area contributed by atoms with Crippen LogP contribution in [0.1, 0.15) is 45.6 Å². The van der Waals surface area contributed by atoms with Crippen molar-refractivity contribution in [3.8, 4) is 5.75 Å². The van der Waals surface area contributed by atoms with E-state index in [1.165, 1.54) is 0 Å². The van der Waals surface area contributed by atoms with Crippen LogP contribution in [0.5, 0.6) is 5.75 Å². The molecule has 1 aliphatic rings. The highest BCUT2D eigenvalue weighted by Crippen LogP contribution is 2.31. The van der Waals surface area contributed by atoms with Gasteiger partial charge in [-0.3, -0.25) is 4.79 Å². The first kappa shape index (κ1) is 23.2. The molecule has 0 radical (unpaired) electrons. The zero-order chi connectivity index (χ0) is 19.5. The van der Waals surface area contributed by atoms with Crippen LogP contribution in [0.4, 0.5) is 5.69 Å². The summed E-state index contributed by atoms with van der Waals surface area (Å²) in [6.45, 7) is 8.66. The van der Waals surface area contributed by atoms with Gasteiger partial charge in [-0.15, -0.1) is 0 Å². The number of aliphatic hydroxyl groups is 1. The Morgan fingerprint density at radius 1 is 1.32 bits per heavy atom. The lowest BCUT2D eigenvalue weighted by atomic mass is 9.90. The molecule has 0 fully saturated rings. The Morgan fingerprint density at radius 3 is 2.48 bits per heavy atom. The molecular formula is C19H34N2O4. The van der Waals surface area contributed by atoms with Gasteiger partial charge in [0.1, 0.15) is 12.4 Å². The average molecular weight is 354 g/mol. The normalized spacial score (nSPS) is 12.7. The van der Waals surface area contributed by atoms with Gasteiger partial charge in [0, 0.05) is 27.1 Å². The number of fused-ring (bicyclic) bond motifs is 1. The van der Waals surface area contributed by atoms with Gasteiger partial charge in [0.15, 0.2) is 0 Å². The van der Waals surface area contributed by atoms with Crippen LogP contribution in [0.25, 0.3) is 0 Å². The van der Waals surface area contributed by atoms with Crippen LogP contribution < -0.4 is 15.4 Å². The summed E-state index contributed by atoms with van der Waals surface area (Å²) < 4.78 is 5.51. The van der Waals surface area contributed by atoms with Crippen molar-refractivity contribution >= 4 is 11.7 Å². The summed E-state index contributed by atoms with van der Waals surface area (Å²) >= 11 is 0. The monoisotopic (exact) mass is 354 g/mol. The maximum atomic E-state index is 10.1. The van der Waals surface area contributed by atoms with Gasteiger partial charge >= 0.3 is 5.97 Å². The molecule has 4 N–H and O–H groups in total. The van der Waals surface area contributed by atoms with E-state index in [2.05, 4.69) is 38.8 Å². The van der Waals surface area contributed by atoms with Gasteiger partial charge in [0.05, 0.1) is 12.2 Å². The summed E-state index contributed by atoms with van der Waals surface area (Å²) in [6, 6.07) is 6.10. The number of nitrogens with two attached hydrogens (primary N) is 1. The van der Waals surface area contributed by atoms with Crippen molar-refractivity contribution < 1.29 is 19.7 Å². The predicted octanol–water partition coefficient (Wildman–Crippen LogP) is 2.87. The van der Waals surface area contributed by atoms with Crippen molar-refractivity contribution in [2.45, 2.75) is 46.6 Å². The quantitative estimate of drug-likeness (QED) is 0.769. The number of aliphatic hydroxyl groups excluding tert-OH is 1. The highest BCUT2D eigenvalue weighted by Gasteiger charge is 2.14. The maximum Gasteiger partial charge on any atom is 0.303 e. The number of rotatable bonds is 4. The number of carboxylic acid groups (broad SMARTS) is 1. The van der Waals surface area contributed by atoms with E-state index in [0.717, 1.165) is 50.1 Å². The predicted molar refractivity (Wildman–Crippen MR) is 102 cm³/mol. The molecule has 0 aliphatic carbocycles. The number of hydrogen-bond acceptors (Lipinski definition) is 5. The van der Waals surface area contributed by atoms with Crippen molar-refractivity contribution in [2.24, 2.45) is 11.1 Å². The van der Waals surface area contributed by atoms with Gasteiger partial charge in [0.25, 0.3) is 0 Å². The number of hydrogen-bond donors (Lipinski definition) is 3. The first-order valence-corrected chi connectivity index (χ1v) is 8.56. The van der Waals surface area contributed by atoms with E-state index in [9.17, 15) is 4.79 Å². The van der Waals surface area contributed by atoms with Gasteiger partial charge < -0.3 is 25.6 Å². The number of carbonyl (C=O) groups is 1. The van der Waals surface area contributed by atoms with Crippen molar-refractivity contribution in [3.63, 3.8) is 0 Å². The zero-order valence-electron chi connectivity index (χ0n) is 16.2. The number of benzene rings is 1. The number of aliphatic carboxylic acids is 1. The SMILES string of the molecule is CC(C)(C)CCCC(=O)O.CN1CCOc2ccc(CN)cc21.CO. The number of ether oxygens (including phenoxy) is 1. The summed E-state index contributed by atoms with van der Waals surface area (Å²) in [7, 11) is 3.07. The van der Waals surface area contributed by atoms with Gasteiger partial charge in [-0.2, -0.15) is 0 Å². The van der Waals surface area contributed by atoms with Crippen LogP contribution in [-0.2, 0) is 11.3 Å². The van der Waals surface area contributed by atoms with E-state index < -0.39 is 5.97 Å². The Hall–Kier alpha value is -1.79. The third kappa shape index (κ3) is 9.94. The summed E-state index contributed by atoms with van der Waals surface area (Å²) in [5.41, 5.74) is 8.14. The molecule has 144 valence electrons. The van der Waals surface area contributed by atoms with Gasteiger partial charge in [0.2, 0.25) is 0 Å². The molecule has 25 heavy (non-hydrogen) atoms. The number of nitrogens with zero attached hydrogens (tertiary/aromatic N) is 1. The van der Waals surface area contributed by atoms with Gasteiger partial charge in [-0.25, -0.2) is 0 Å². The van der Waals surface area contributed by atoms with Crippen molar-refractivity contribution in [3.05, 3.63) is 23.8 Å². The molecule has 0 spiro atoms. The Bertz CT molecular complexity index is 513. The van der Waals surface area contributed by atoms with Crippen LogP contribution >= 0.6 is 0 Å². The van der Waals surface area contributed by atoms with Crippen molar-refractivity contribution in [1.82, 2.24) is 0 Å². The number of carboxylic acids is 1. The smallest absolute Gasteiger partial charge is 0.303 e. The molecule has 6 heteroatoms. The Morgan fingerprint density at radius 2 is 1.96 bits per heavy atom. The molecule has 1 heterocycles. The first-order valence-electron chi connectivity index (χ1n) is 8.56. The molecule has 0 bridgehead atoms. The lowest BCUT2D eigenvalue weighted by Gasteiger charge is -2.27. The number of likely N-dealkylation sites (N-methyl/N-ethyl adjacent to an activating group) is 1. The second kappa shape index (κ2) is 11.7. The molecule has 2 rings (SSSR count). The maximum absolute atomic E-state index is 10.1. The van der Waals surface area contributed by atoms with E-state index >= 15 is 0 Å². The van der Waals surface area contributed by atoms with Gasteiger partial charge in [-0.1, -0.05) is 26.8 Å². The fraction of sp³-hybridized carbons (Fsp3) is 0.632. The van der Waals surface area contributed by atoms with E-state index in [1.54, 1.807) is 0 Å². The lowest BCUT2D eigenvalue weighted by Crippen LogP contribution is -2.28. The molecule has 0 saturated heterocycles. The Labute approximate surface area is 151 Å². The highest BCUT2D eigenvalue weighted by molar-refractivity contribution is 5.66. The molecule has 0 amide bonds. The second-order valence-electron chi connectivity index (χ2n) is 7.08. The van der Waals surface area contributed by atoms with Crippen LogP contribution in [-0.4, -0.2) is 43.5 Å². The second-order valence-corrected chi connectivity index (χ2v) is 7.08. The third-order valence-corrected chi connectivity index (χ3v) is 3.67. The lowest BCUT2D eigenvalue weighted by molar-refractivity contribution is -0.137. The standard InChI is InChI=1S/C10H14N2O.C8H16O2.CH4O/c1-12-4-5-13-10-3-2-8(7-11)6-9(10)12;1-8(2,3)6-4-5-7(9)10;1-2/h2-3,6H,4-5,7,11H2,1H3;4-6H2,1-3H3,(H,9,10);2H,1H3. The van der Waals surface area contributed by atoms with E-state index in [0.29, 0.717) is 13.0 Å². The van der Waals surface area contributed by atoms with E-state index in [-0.39, 0.29) is 5.41 Å². The molecule has 0 aromatic heterocycles. The fourth-order valence-electron chi connectivity index (χ4n) is 2.29. The van der Waals surface area contributed by atoms with Crippen molar-refractivity contribution in [2.75, 3.05) is 32.2 Å². The molecular weight excluding hydrogens is 320 g/mol. The first-order chi connectivity index (χ1) is 11.7. The zero-order valence-corrected chi connectivity index (χ0v) is 16.2. The third-order valence-electron chi connectivity index (χ3n) is 3.67. The molecule has 0 unspecified atom stereocenters. The largest absolute Gasteiger partial charge is 0.490 e. The Balaban J connectivity index is 0.000000434. The molecule has 0 saturated carbocycles. The van der Waals surface area contributed by atoms with Crippen LogP contribution in [0.15, 0.2) is 18.2 Å². The van der Waals surface area contributed by atoms with Crippen LogP contribution in [0.2, 0.25) is 0 Å². The summed E-state index contributed by atoms with van der Waals surface area (Å²) in [5, 5.41) is 15.3. The summed E-state index contributed by atoms with van der Waals surface area (Å²) in [4.78, 5) is 12.3. The fourth-order valence-corrected chi connectivity index (χ4v) is 2.29. The topological polar surface area (TPSA) is 96.0 Å². The van der Waals surface area contributed by atoms with E-state index in [4.69, 9.17) is 20.7 Å². The molecule has 0 atom stereocenters. The van der Waals surface area contributed by atoms with Crippen LogP contribution in [0.3, 0.4) is 0 Å². The highest BCUT2D eigenvalue weighted by atomic mass is 16.5. The average Bonchev–Trinajstić information content (AvgIpc) is 2.56. The molecule has 1 aromatic rings. The molecule has 1 aromatic carbocycles. The molecule has 1 aliphatic heterocycles.